The Labute approximate surface area is 147 Å². The summed E-state index contributed by atoms with van der Waals surface area (Å²) in [5.74, 6) is -2.28. The molecule has 2 saturated heterocycles. The molecule has 0 amide bonds. The molecular weight excluding hydrogens is 379 g/mol. The molecule has 0 bridgehead atoms. The van der Waals surface area contributed by atoms with Crippen LogP contribution in [0.25, 0.3) is 0 Å². The number of carboxylic acid groups (broad SMARTS) is 1. The summed E-state index contributed by atoms with van der Waals surface area (Å²) in [6, 6.07) is 4.04. The van der Waals surface area contributed by atoms with Crippen molar-refractivity contribution in [1.29, 1.82) is 0 Å². The van der Waals surface area contributed by atoms with Gasteiger partial charge in [-0.15, -0.1) is 13.2 Å². The molecule has 0 unspecified atom stereocenters. The molecule has 0 radical (unpaired) electrons. The van der Waals surface area contributed by atoms with E-state index in [9.17, 15) is 31.5 Å². The quantitative estimate of drug-likeness (QED) is 0.834. The highest BCUT2D eigenvalue weighted by molar-refractivity contribution is 7.89. The Morgan fingerprint density at radius 2 is 2.12 bits per heavy atom. The Morgan fingerprint density at radius 1 is 1.38 bits per heavy atom. The van der Waals surface area contributed by atoms with Crippen LogP contribution in [0, 0.1) is 11.3 Å². The number of rotatable bonds is 4. The summed E-state index contributed by atoms with van der Waals surface area (Å²) in [7, 11) is -4.18. The van der Waals surface area contributed by atoms with E-state index in [2.05, 4.69) is 4.74 Å². The molecule has 3 rings (SSSR count). The summed E-state index contributed by atoms with van der Waals surface area (Å²) in [6.45, 7) is 0.0170. The monoisotopic (exact) mass is 395 g/mol. The van der Waals surface area contributed by atoms with E-state index in [1.54, 1.807) is 0 Å². The van der Waals surface area contributed by atoms with Crippen LogP contribution in [0.4, 0.5) is 13.2 Å². The van der Waals surface area contributed by atoms with Crippen LogP contribution >= 0.6 is 0 Å². The number of hydrogen-bond acceptors (Lipinski definition) is 5. The molecular formula is C15H16F3NO6S. The predicted octanol–water partition coefficient (Wildman–Crippen LogP) is 1.70. The maximum atomic E-state index is 12.8. The summed E-state index contributed by atoms with van der Waals surface area (Å²) in [4.78, 5) is 11.4. The summed E-state index contributed by atoms with van der Waals surface area (Å²) < 4.78 is 72.7. The number of benzene rings is 1. The third-order valence-corrected chi connectivity index (χ3v) is 6.59. The van der Waals surface area contributed by atoms with E-state index < -0.39 is 39.4 Å². The second-order valence-electron chi connectivity index (χ2n) is 6.30. The molecule has 1 N–H and O–H groups in total. The van der Waals surface area contributed by atoms with Crippen molar-refractivity contribution < 1.29 is 41.0 Å². The Balaban J connectivity index is 1.90. The van der Waals surface area contributed by atoms with E-state index >= 15 is 0 Å². The van der Waals surface area contributed by atoms with Crippen LogP contribution in [0.15, 0.2) is 29.2 Å². The number of nitrogens with zero attached hydrogens (tertiary/aromatic N) is 1. The molecule has 0 aromatic heterocycles. The summed E-state index contributed by atoms with van der Waals surface area (Å²) in [5.41, 5.74) is -1.24. The normalized spacial score (nSPS) is 27.1. The van der Waals surface area contributed by atoms with Crippen molar-refractivity contribution in [3.63, 3.8) is 0 Å². The first-order valence-corrected chi connectivity index (χ1v) is 9.16. The van der Waals surface area contributed by atoms with Crippen LogP contribution in [-0.4, -0.2) is 56.5 Å². The molecule has 2 heterocycles. The number of sulfonamides is 1. The van der Waals surface area contributed by atoms with Gasteiger partial charge in [0.25, 0.3) is 0 Å². The van der Waals surface area contributed by atoms with Gasteiger partial charge in [0.2, 0.25) is 10.0 Å². The van der Waals surface area contributed by atoms with Crippen LogP contribution in [-0.2, 0) is 19.6 Å². The second-order valence-corrected chi connectivity index (χ2v) is 8.24. The number of ether oxygens (including phenoxy) is 2. The van der Waals surface area contributed by atoms with Gasteiger partial charge in [-0.25, -0.2) is 8.42 Å². The van der Waals surface area contributed by atoms with Gasteiger partial charge in [-0.2, -0.15) is 4.31 Å². The highest BCUT2D eigenvalue weighted by atomic mass is 32.2. The van der Waals surface area contributed by atoms with E-state index in [-0.39, 0.29) is 37.6 Å². The number of aliphatic carboxylic acids is 1. The largest absolute Gasteiger partial charge is 0.573 e. The number of carboxylic acids is 1. The number of hydrogen-bond donors (Lipinski definition) is 1. The van der Waals surface area contributed by atoms with Crippen LogP contribution in [0.2, 0.25) is 0 Å². The fraction of sp³-hybridized carbons (Fsp3) is 0.533. The molecule has 0 aliphatic carbocycles. The molecule has 144 valence electrons. The molecule has 1 aromatic rings. The molecule has 11 heteroatoms. The van der Waals surface area contributed by atoms with Gasteiger partial charge in [0.1, 0.15) is 5.75 Å². The Kier molecular flexibility index (Phi) is 4.65. The molecule has 2 aliphatic heterocycles. The number of carbonyl (C=O) groups is 1. The first-order chi connectivity index (χ1) is 12.0. The van der Waals surface area contributed by atoms with E-state index in [0.29, 0.717) is 0 Å². The van der Waals surface area contributed by atoms with E-state index in [0.717, 1.165) is 28.6 Å². The minimum absolute atomic E-state index is 0.0704. The first kappa shape index (κ1) is 18.9. The van der Waals surface area contributed by atoms with Crippen molar-refractivity contribution in [3.8, 4) is 5.75 Å². The summed E-state index contributed by atoms with van der Waals surface area (Å²) in [6.07, 6.45) is -4.77. The average molecular weight is 395 g/mol. The fourth-order valence-electron chi connectivity index (χ4n) is 3.42. The summed E-state index contributed by atoms with van der Waals surface area (Å²) >= 11 is 0. The van der Waals surface area contributed by atoms with Gasteiger partial charge in [0, 0.05) is 31.7 Å². The van der Waals surface area contributed by atoms with Crippen LogP contribution < -0.4 is 4.74 Å². The highest BCUT2D eigenvalue weighted by Gasteiger charge is 2.56. The standard InChI is InChI=1S/C15H16F3NO6S/c16-15(17,18)25-11-2-1-3-12(6-11)26(22,23)19-7-10-8-24-5-4-14(10,9-19)13(20)21/h1-3,6,10H,4-5,7-9H2,(H,20,21)/t10-,14+/m1/s1. The van der Waals surface area contributed by atoms with Gasteiger partial charge >= 0.3 is 12.3 Å². The highest BCUT2D eigenvalue weighted by Crippen LogP contribution is 2.44. The SMILES string of the molecule is O=C(O)[C@]12CCOC[C@H]1CN(S(=O)(=O)c1cccc(OC(F)(F)F)c1)C2. The molecule has 0 spiro atoms. The van der Waals surface area contributed by atoms with Crippen molar-refractivity contribution in [2.45, 2.75) is 17.7 Å². The molecule has 2 atom stereocenters. The van der Waals surface area contributed by atoms with Crippen molar-refractivity contribution in [2.75, 3.05) is 26.3 Å². The maximum Gasteiger partial charge on any atom is 0.573 e. The van der Waals surface area contributed by atoms with E-state index in [1.807, 2.05) is 0 Å². The molecule has 2 aliphatic rings. The minimum Gasteiger partial charge on any atom is -0.481 e. The Hall–Kier alpha value is -1.85. The van der Waals surface area contributed by atoms with Crippen molar-refractivity contribution in [1.82, 2.24) is 4.31 Å². The Morgan fingerprint density at radius 3 is 2.73 bits per heavy atom. The lowest BCUT2D eigenvalue weighted by Gasteiger charge is -2.34. The number of halogens is 3. The first-order valence-electron chi connectivity index (χ1n) is 7.72. The lowest BCUT2D eigenvalue weighted by Crippen LogP contribution is -2.45. The third-order valence-electron chi connectivity index (χ3n) is 4.78. The second kappa shape index (κ2) is 6.39. The zero-order valence-electron chi connectivity index (χ0n) is 13.4. The predicted molar refractivity (Wildman–Crippen MR) is 80.9 cm³/mol. The van der Waals surface area contributed by atoms with Crippen molar-refractivity contribution >= 4 is 16.0 Å². The fourth-order valence-corrected chi connectivity index (χ4v) is 5.01. The zero-order chi connectivity index (χ0) is 19.2. The lowest BCUT2D eigenvalue weighted by molar-refractivity contribution is -0.274. The molecule has 0 saturated carbocycles. The van der Waals surface area contributed by atoms with Gasteiger partial charge in [-0.05, 0) is 18.6 Å². The molecule has 1 aromatic carbocycles. The van der Waals surface area contributed by atoms with Crippen LogP contribution in [0.5, 0.6) is 5.75 Å². The number of alkyl halides is 3. The smallest absolute Gasteiger partial charge is 0.481 e. The third kappa shape index (κ3) is 3.38. The van der Waals surface area contributed by atoms with Crippen LogP contribution in [0.1, 0.15) is 6.42 Å². The molecule has 26 heavy (non-hydrogen) atoms. The minimum atomic E-state index is -4.95. The number of fused-ring (bicyclic) bond motifs is 1. The Bertz CT molecular complexity index is 812. The lowest BCUT2D eigenvalue weighted by atomic mass is 9.74. The van der Waals surface area contributed by atoms with E-state index in [1.165, 1.54) is 0 Å². The topological polar surface area (TPSA) is 93.1 Å². The van der Waals surface area contributed by atoms with Crippen LogP contribution in [0.3, 0.4) is 0 Å². The summed E-state index contributed by atoms with van der Waals surface area (Å²) in [5, 5.41) is 9.60. The van der Waals surface area contributed by atoms with Crippen molar-refractivity contribution in [3.05, 3.63) is 24.3 Å². The zero-order valence-corrected chi connectivity index (χ0v) is 14.2. The molecule has 7 nitrogen and oxygen atoms in total. The van der Waals surface area contributed by atoms with Gasteiger partial charge < -0.3 is 14.6 Å². The van der Waals surface area contributed by atoms with Gasteiger partial charge in [-0.3, -0.25) is 4.79 Å². The van der Waals surface area contributed by atoms with Gasteiger partial charge in [0.05, 0.1) is 16.9 Å². The average Bonchev–Trinajstić information content (AvgIpc) is 2.95. The van der Waals surface area contributed by atoms with E-state index in [4.69, 9.17) is 4.74 Å². The molecule has 2 fully saturated rings. The van der Waals surface area contributed by atoms with Gasteiger partial charge in [-0.1, -0.05) is 6.07 Å². The maximum absolute atomic E-state index is 12.8. The van der Waals surface area contributed by atoms with Crippen molar-refractivity contribution in [2.24, 2.45) is 11.3 Å². The van der Waals surface area contributed by atoms with Gasteiger partial charge in [0.15, 0.2) is 0 Å².